The van der Waals surface area contributed by atoms with Crippen LogP contribution in [0.4, 0.5) is 0 Å². The normalized spacial score (nSPS) is 18.6. The van der Waals surface area contributed by atoms with E-state index in [1.807, 2.05) is 11.3 Å². The van der Waals surface area contributed by atoms with Crippen molar-refractivity contribution in [1.82, 2.24) is 15.2 Å². The highest BCUT2D eigenvalue weighted by Gasteiger charge is 2.23. The fraction of sp³-hybridized carbons (Fsp3) is 0.812. The molecule has 114 valence electrons. The standard InChI is InChI=1S/C16H29N3S/c1-5-10-19(11-15-6-8-17-9-7-15)13(3)16-12(2)18-14(4)20-16/h13,15,17H,5-11H2,1-4H3. The molecule has 4 heteroatoms. The SMILES string of the molecule is CCCN(CC1CCNCC1)C(C)c1sc(C)nc1C. The lowest BCUT2D eigenvalue weighted by atomic mass is 9.96. The van der Waals surface area contributed by atoms with E-state index in [9.17, 15) is 0 Å². The minimum absolute atomic E-state index is 0.510. The van der Waals surface area contributed by atoms with E-state index >= 15 is 0 Å². The third-order valence-electron chi connectivity index (χ3n) is 4.33. The Morgan fingerprint density at radius 2 is 2.05 bits per heavy atom. The molecule has 0 aliphatic carbocycles. The molecule has 1 aromatic heterocycles. The summed E-state index contributed by atoms with van der Waals surface area (Å²) in [5, 5.41) is 4.66. The fourth-order valence-corrected chi connectivity index (χ4v) is 4.24. The lowest BCUT2D eigenvalue weighted by Gasteiger charge is -2.33. The number of rotatable bonds is 6. The molecule has 0 radical (unpaired) electrons. The van der Waals surface area contributed by atoms with Crippen molar-refractivity contribution in [2.24, 2.45) is 5.92 Å². The Morgan fingerprint density at radius 3 is 2.60 bits per heavy atom. The average Bonchev–Trinajstić information content (AvgIpc) is 2.77. The molecule has 0 amide bonds. The highest BCUT2D eigenvalue weighted by molar-refractivity contribution is 7.11. The van der Waals surface area contributed by atoms with Crippen LogP contribution in [0.1, 0.15) is 54.7 Å². The number of hydrogen-bond acceptors (Lipinski definition) is 4. The molecule has 20 heavy (non-hydrogen) atoms. The van der Waals surface area contributed by atoms with Gasteiger partial charge >= 0.3 is 0 Å². The zero-order valence-corrected chi connectivity index (χ0v) is 14.2. The van der Waals surface area contributed by atoms with Crippen LogP contribution in [0.25, 0.3) is 0 Å². The van der Waals surface area contributed by atoms with Gasteiger partial charge in [-0.05, 0) is 65.6 Å². The van der Waals surface area contributed by atoms with Crippen LogP contribution in [0.3, 0.4) is 0 Å². The van der Waals surface area contributed by atoms with E-state index < -0.39 is 0 Å². The Bertz CT molecular complexity index is 410. The molecule has 2 heterocycles. The summed E-state index contributed by atoms with van der Waals surface area (Å²) >= 11 is 1.87. The third-order valence-corrected chi connectivity index (χ3v) is 5.57. The predicted molar refractivity (Wildman–Crippen MR) is 87.5 cm³/mol. The largest absolute Gasteiger partial charge is 0.317 e. The van der Waals surface area contributed by atoms with Crippen molar-refractivity contribution in [3.8, 4) is 0 Å². The first-order valence-electron chi connectivity index (χ1n) is 8.00. The van der Waals surface area contributed by atoms with E-state index in [-0.39, 0.29) is 0 Å². The number of hydrogen-bond donors (Lipinski definition) is 1. The quantitative estimate of drug-likeness (QED) is 0.870. The van der Waals surface area contributed by atoms with E-state index in [2.05, 4.69) is 42.9 Å². The lowest BCUT2D eigenvalue weighted by molar-refractivity contribution is 0.162. The zero-order valence-electron chi connectivity index (χ0n) is 13.4. The van der Waals surface area contributed by atoms with Crippen LogP contribution >= 0.6 is 11.3 Å². The molecule has 0 saturated carbocycles. The second-order valence-corrected chi connectivity index (χ2v) is 7.28. The van der Waals surface area contributed by atoms with Gasteiger partial charge in [0, 0.05) is 17.5 Å². The minimum atomic E-state index is 0.510. The molecular weight excluding hydrogens is 266 g/mol. The Morgan fingerprint density at radius 1 is 1.35 bits per heavy atom. The summed E-state index contributed by atoms with van der Waals surface area (Å²) in [4.78, 5) is 8.74. The Balaban J connectivity index is 2.04. The fourth-order valence-electron chi connectivity index (χ4n) is 3.23. The monoisotopic (exact) mass is 295 g/mol. The first kappa shape index (κ1) is 15.9. The van der Waals surface area contributed by atoms with Gasteiger partial charge in [0.2, 0.25) is 0 Å². The van der Waals surface area contributed by atoms with Crippen molar-refractivity contribution in [3.63, 3.8) is 0 Å². The molecule has 1 aliphatic rings. The molecule has 1 aromatic rings. The van der Waals surface area contributed by atoms with Gasteiger partial charge in [-0.3, -0.25) is 4.90 Å². The molecule has 1 unspecified atom stereocenters. The van der Waals surface area contributed by atoms with E-state index in [0.29, 0.717) is 6.04 Å². The van der Waals surface area contributed by atoms with Crippen LogP contribution in [-0.4, -0.2) is 36.1 Å². The van der Waals surface area contributed by atoms with Gasteiger partial charge < -0.3 is 5.32 Å². The van der Waals surface area contributed by atoms with Crippen molar-refractivity contribution in [2.45, 2.75) is 53.0 Å². The number of piperidine rings is 1. The van der Waals surface area contributed by atoms with Crippen molar-refractivity contribution in [3.05, 3.63) is 15.6 Å². The maximum Gasteiger partial charge on any atom is 0.0900 e. The summed E-state index contributed by atoms with van der Waals surface area (Å²) in [6.45, 7) is 13.7. The van der Waals surface area contributed by atoms with Gasteiger partial charge in [-0.1, -0.05) is 6.92 Å². The molecule has 1 N–H and O–H groups in total. The number of nitrogens with one attached hydrogen (secondary N) is 1. The van der Waals surface area contributed by atoms with Gasteiger partial charge in [-0.25, -0.2) is 4.98 Å². The van der Waals surface area contributed by atoms with Crippen LogP contribution in [-0.2, 0) is 0 Å². The molecule has 1 fully saturated rings. The van der Waals surface area contributed by atoms with Crippen molar-refractivity contribution in [2.75, 3.05) is 26.2 Å². The zero-order chi connectivity index (χ0) is 14.5. The smallest absolute Gasteiger partial charge is 0.0900 e. The van der Waals surface area contributed by atoms with Crippen molar-refractivity contribution < 1.29 is 0 Å². The van der Waals surface area contributed by atoms with Crippen LogP contribution in [0.15, 0.2) is 0 Å². The molecule has 0 bridgehead atoms. The maximum absolute atomic E-state index is 4.60. The second-order valence-electron chi connectivity index (χ2n) is 6.05. The summed E-state index contributed by atoms with van der Waals surface area (Å²) in [6.07, 6.45) is 3.88. The van der Waals surface area contributed by atoms with Gasteiger partial charge in [-0.2, -0.15) is 0 Å². The summed E-state index contributed by atoms with van der Waals surface area (Å²) in [5.74, 6) is 0.861. The van der Waals surface area contributed by atoms with Gasteiger partial charge in [0.25, 0.3) is 0 Å². The van der Waals surface area contributed by atoms with Crippen LogP contribution in [0.5, 0.6) is 0 Å². The van der Waals surface area contributed by atoms with E-state index in [1.54, 1.807) is 0 Å². The molecule has 2 rings (SSSR count). The second kappa shape index (κ2) is 7.53. The first-order chi connectivity index (χ1) is 9.61. The summed E-state index contributed by atoms with van der Waals surface area (Å²) in [6, 6.07) is 0.510. The first-order valence-corrected chi connectivity index (χ1v) is 8.82. The molecule has 1 saturated heterocycles. The summed E-state index contributed by atoms with van der Waals surface area (Å²) in [5.41, 5.74) is 1.23. The third kappa shape index (κ3) is 4.03. The van der Waals surface area contributed by atoms with E-state index in [1.165, 1.54) is 61.0 Å². The Hall–Kier alpha value is -0.450. The van der Waals surface area contributed by atoms with Crippen molar-refractivity contribution in [1.29, 1.82) is 0 Å². The minimum Gasteiger partial charge on any atom is -0.317 e. The molecule has 0 spiro atoms. The topological polar surface area (TPSA) is 28.2 Å². The number of thiazole rings is 1. The highest BCUT2D eigenvalue weighted by atomic mass is 32.1. The Kier molecular flexibility index (Phi) is 6.00. The summed E-state index contributed by atoms with van der Waals surface area (Å²) in [7, 11) is 0. The average molecular weight is 295 g/mol. The van der Waals surface area contributed by atoms with Crippen molar-refractivity contribution >= 4 is 11.3 Å². The van der Waals surface area contributed by atoms with Crippen LogP contribution in [0.2, 0.25) is 0 Å². The molecular formula is C16H29N3S. The molecule has 0 aromatic carbocycles. The molecule has 1 aliphatic heterocycles. The molecule has 3 nitrogen and oxygen atoms in total. The highest BCUT2D eigenvalue weighted by Crippen LogP contribution is 2.30. The number of nitrogens with zero attached hydrogens (tertiary/aromatic N) is 2. The van der Waals surface area contributed by atoms with E-state index in [0.717, 1.165) is 5.92 Å². The number of aromatic nitrogens is 1. The Labute approximate surface area is 127 Å². The van der Waals surface area contributed by atoms with Crippen LogP contribution in [0, 0.1) is 19.8 Å². The lowest BCUT2D eigenvalue weighted by Crippen LogP contribution is -2.37. The predicted octanol–water partition coefficient (Wildman–Crippen LogP) is 3.53. The summed E-state index contributed by atoms with van der Waals surface area (Å²) < 4.78 is 0. The van der Waals surface area contributed by atoms with Gasteiger partial charge in [0.05, 0.1) is 10.7 Å². The molecule has 1 atom stereocenters. The van der Waals surface area contributed by atoms with Gasteiger partial charge in [0.15, 0.2) is 0 Å². The maximum atomic E-state index is 4.60. The van der Waals surface area contributed by atoms with Gasteiger partial charge in [-0.15, -0.1) is 11.3 Å². The van der Waals surface area contributed by atoms with E-state index in [4.69, 9.17) is 0 Å². The van der Waals surface area contributed by atoms with Crippen LogP contribution < -0.4 is 5.32 Å². The van der Waals surface area contributed by atoms with Gasteiger partial charge in [0.1, 0.15) is 0 Å². The number of aryl methyl sites for hydroxylation is 2.